The van der Waals surface area contributed by atoms with Crippen molar-refractivity contribution in [3.63, 3.8) is 0 Å². The van der Waals surface area contributed by atoms with E-state index in [1.165, 1.54) is 6.26 Å². The summed E-state index contributed by atoms with van der Waals surface area (Å²) in [6, 6.07) is 1.73. The standard InChI is InChI=1S/C9H13NO3/c1-6(2)13-10-9(11)8-7(3)4-5-12-8/h4-6H,1-3H3,(H,10,11). The summed E-state index contributed by atoms with van der Waals surface area (Å²) in [5.74, 6) is -0.0585. The molecule has 1 N–H and O–H groups in total. The maximum atomic E-state index is 11.3. The van der Waals surface area contributed by atoms with Gasteiger partial charge in [0.25, 0.3) is 0 Å². The van der Waals surface area contributed by atoms with Crippen LogP contribution in [0.2, 0.25) is 0 Å². The summed E-state index contributed by atoms with van der Waals surface area (Å²) in [7, 11) is 0. The maximum absolute atomic E-state index is 11.3. The van der Waals surface area contributed by atoms with E-state index in [0.717, 1.165) is 5.56 Å². The predicted octanol–water partition coefficient (Wildman–Crippen LogP) is 1.66. The lowest BCUT2D eigenvalue weighted by molar-refractivity contribution is -0.00150. The van der Waals surface area contributed by atoms with E-state index in [2.05, 4.69) is 5.48 Å². The van der Waals surface area contributed by atoms with Gasteiger partial charge in [-0.2, -0.15) is 0 Å². The smallest absolute Gasteiger partial charge is 0.310 e. The summed E-state index contributed by atoms with van der Waals surface area (Å²) in [5, 5.41) is 0. The third-order valence-corrected chi connectivity index (χ3v) is 1.46. The van der Waals surface area contributed by atoms with Gasteiger partial charge in [0, 0.05) is 5.56 Å². The molecule has 4 heteroatoms. The molecule has 0 aliphatic heterocycles. The zero-order chi connectivity index (χ0) is 9.84. The first-order chi connectivity index (χ1) is 6.11. The van der Waals surface area contributed by atoms with Crippen molar-refractivity contribution in [2.24, 2.45) is 0 Å². The summed E-state index contributed by atoms with van der Waals surface area (Å²) in [4.78, 5) is 16.2. The van der Waals surface area contributed by atoms with Crippen molar-refractivity contribution in [2.75, 3.05) is 0 Å². The Morgan fingerprint density at radius 1 is 1.62 bits per heavy atom. The average Bonchev–Trinajstić information content (AvgIpc) is 2.47. The lowest BCUT2D eigenvalue weighted by Crippen LogP contribution is -2.27. The van der Waals surface area contributed by atoms with Gasteiger partial charge in [-0.25, -0.2) is 5.48 Å². The molecule has 0 saturated carbocycles. The Bertz CT molecular complexity index is 291. The normalized spacial score (nSPS) is 10.5. The maximum Gasteiger partial charge on any atom is 0.310 e. The highest BCUT2D eigenvalue weighted by atomic mass is 16.7. The minimum atomic E-state index is -0.351. The molecule has 1 aromatic heterocycles. The number of furan rings is 1. The molecule has 0 atom stereocenters. The second-order valence-electron chi connectivity index (χ2n) is 3.03. The Kier molecular flexibility index (Phi) is 3.08. The van der Waals surface area contributed by atoms with Crippen molar-refractivity contribution in [2.45, 2.75) is 26.9 Å². The highest BCUT2D eigenvalue weighted by molar-refractivity contribution is 5.91. The molecule has 1 aromatic rings. The minimum absolute atomic E-state index is 0.0424. The molecule has 0 saturated heterocycles. The van der Waals surface area contributed by atoms with Crippen LogP contribution in [0.5, 0.6) is 0 Å². The van der Waals surface area contributed by atoms with Gasteiger partial charge in [-0.3, -0.25) is 9.63 Å². The van der Waals surface area contributed by atoms with Gasteiger partial charge in [0.2, 0.25) is 0 Å². The molecule has 72 valence electrons. The van der Waals surface area contributed by atoms with E-state index in [9.17, 15) is 4.79 Å². The summed E-state index contributed by atoms with van der Waals surface area (Å²) >= 11 is 0. The Labute approximate surface area is 76.8 Å². The van der Waals surface area contributed by atoms with Gasteiger partial charge >= 0.3 is 5.91 Å². The fourth-order valence-electron chi connectivity index (χ4n) is 0.823. The van der Waals surface area contributed by atoms with Crippen LogP contribution in [0.25, 0.3) is 0 Å². The van der Waals surface area contributed by atoms with Crippen molar-refractivity contribution in [1.82, 2.24) is 5.48 Å². The number of hydrogen-bond donors (Lipinski definition) is 1. The van der Waals surface area contributed by atoms with Crippen LogP contribution >= 0.6 is 0 Å². The molecular formula is C9H13NO3. The molecule has 0 spiro atoms. The third-order valence-electron chi connectivity index (χ3n) is 1.46. The number of aryl methyl sites for hydroxylation is 1. The van der Waals surface area contributed by atoms with Gasteiger partial charge in [0.1, 0.15) is 0 Å². The zero-order valence-corrected chi connectivity index (χ0v) is 7.96. The average molecular weight is 183 g/mol. The number of carbonyl (C=O) groups excluding carboxylic acids is 1. The van der Waals surface area contributed by atoms with E-state index in [1.54, 1.807) is 13.0 Å². The first-order valence-corrected chi connectivity index (χ1v) is 4.11. The van der Waals surface area contributed by atoms with Crippen LogP contribution in [-0.2, 0) is 4.84 Å². The van der Waals surface area contributed by atoms with Crippen molar-refractivity contribution in [3.8, 4) is 0 Å². The number of hydroxylamine groups is 1. The Hall–Kier alpha value is -1.29. The van der Waals surface area contributed by atoms with Crippen LogP contribution < -0.4 is 5.48 Å². The molecule has 0 unspecified atom stereocenters. The lowest BCUT2D eigenvalue weighted by Gasteiger charge is -2.06. The molecule has 1 rings (SSSR count). The number of amides is 1. The van der Waals surface area contributed by atoms with E-state index in [1.807, 2.05) is 13.8 Å². The van der Waals surface area contributed by atoms with E-state index < -0.39 is 0 Å². The fraction of sp³-hybridized carbons (Fsp3) is 0.444. The number of rotatable bonds is 3. The SMILES string of the molecule is Cc1ccoc1C(=O)NOC(C)C. The largest absolute Gasteiger partial charge is 0.459 e. The summed E-state index contributed by atoms with van der Waals surface area (Å²) < 4.78 is 4.97. The van der Waals surface area contributed by atoms with Crippen molar-refractivity contribution in [3.05, 3.63) is 23.7 Å². The molecule has 0 fully saturated rings. The Morgan fingerprint density at radius 3 is 2.77 bits per heavy atom. The van der Waals surface area contributed by atoms with Crippen LogP contribution in [0.1, 0.15) is 30.0 Å². The molecule has 4 nitrogen and oxygen atoms in total. The van der Waals surface area contributed by atoms with Crippen LogP contribution in [0.3, 0.4) is 0 Å². The minimum Gasteiger partial charge on any atom is -0.459 e. The lowest BCUT2D eigenvalue weighted by atomic mass is 10.3. The molecule has 0 aromatic carbocycles. The second-order valence-corrected chi connectivity index (χ2v) is 3.03. The van der Waals surface area contributed by atoms with Gasteiger partial charge in [0.15, 0.2) is 5.76 Å². The van der Waals surface area contributed by atoms with E-state index in [0.29, 0.717) is 5.76 Å². The first kappa shape index (κ1) is 9.80. The molecular weight excluding hydrogens is 170 g/mol. The predicted molar refractivity (Wildman–Crippen MR) is 47.1 cm³/mol. The van der Waals surface area contributed by atoms with Crippen LogP contribution in [0, 0.1) is 6.92 Å². The van der Waals surface area contributed by atoms with Gasteiger partial charge in [0.05, 0.1) is 12.4 Å². The van der Waals surface area contributed by atoms with Crippen LogP contribution in [0.4, 0.5) is 0 Å². The van der Waals surface area contributed by atoms with Crippen LogP contribution in [-0.4, -0.2) is 12.0 Å². The summed E-state index contributed by atoms with van der Waals surface area (Å²) in [6.07, 6.45) is 1.43. The number of hydrogen-bond acceptors (Lipinski definition) is 3. The van der Waals surface area contributed by atoms with Gasteiger partial charge in [-0.05, 0) is 26.8 Å². The fourth-order valence-corrected chi connectivity index (χ4v) is 0.823. The molecule has 0 aliphatic carbocycles. The van der Waals surface area contributed by atoms with Crippen LogP contribution in [0.15, 0.2) is 16.7 Å². The highest BCUT2D eigenvalue weighted by Gasteiger charge is 2.12. The molecule has 0 aliphatic rings. The number of carbonyl (C=O) groups is 1. The van der Waals surface area contributed by atoms with Crippen molar-refractivity contribution < 1.29 is 14.0 Å². The molecule has 0 bridgehead atoms. The van der Waals surface area contributed by atoms with Crippen molar-refractivity contribution >= 4 is 5.91 Å². The highest BCUT2D eigenvalue weighted by Crippen LogP contribution is 2.07. The van der Waals surface area contributed by atoms with E-state index >= 15 is 0 Å². The zero-order valence-electron chi connectivity index (χ0n) is 7.96. The van der Waals surface area contributed by atoms with Gasteiger partial charge in [-0.15, -0.1) is 0 Å². The topological polar surface area (TPSA) is 51.5 Å². The first-order valence-electron chi connectivity index (χ1n) is 4.11. The van der Waals surface area contributed by atoms with E-state index in [4.69, 9.17) is 9.25 Å². The number of nitrogens with one attached hydrogen (secondary N) is 1. The summed E-state index contributed by atoms with van der Waals surface area (Å²) in [6.45, 7) is 5.46. The monoisotopic (exact) mass is 183 g/mol. The Balaban J connectivity index is 2.54. The quantitative estimate of drug-likeness (QED) is 0.725. The van der Waals surface area contributed by atoms with Gasteiger partial charge < -0.3 is 4.42 Å². The second kappa shape index (κ2) is 4.09. The third kappa shape index (κ3) is 2.59. The van der Waals surface area contributed by atoms with Gasteiger partial charge in [-0.1, -0.05) is 0 Å². The molecule has 0 radical (unpaired) electrons. The molecule has 1 heterocycles. The molecule has 1 amide bonds. The molecule has 13 heavy (non-hydrogen) atoms. The van der Waals surface area contributed by atoms with E-state index in [-0.39, 0.29) is 12.0 Å². The summed E-state index contributed by atoms with van der Waals surface area (Å²) in [5.41, 5.74) is 3.09. The Morgan fingerprint density at radius 2 is 2.31 bits per heavy atom. The van der Waals surface area contributed by atoms with Crippen molar-refractivity contribution in [1.29, 1.82) is 0 Å².